The van der Waals surface area contributed by atoms with Gasteiger partial charge in [-0.3, -0.25) is 9.10 Å². The number of ether oxygens (including phenoxy) is 1. The molecule has 0 aromatic heterocycles. The van der Waals surface area contributed by atoms with Crippen molar-refractivity contribution in [1.29, 1.82) is 0 Å². The van der Waals surface area contributed by atoms with Crippen LogP contribution in [0, 0.1) is 6.92 Å². The highest BCUT2D eigenvalue weighted by Gasteiger charge is 2.27. The van der Waals surface area contributed by atoms with Crippen molar-refractivity contribution in [3.05, 3.63) is 96.1 Å². The van der Waals surface area contributed by atoms with Gasteiger partial charge in [0.05, 0.1) is 23.8 Å². The van der Waals surface area contributed by atoms with Crippen molar-refractivity contribution in [2.24, 2.45) is 0 Å². The topological polar surface area (TPSA) is 75.7 Å². The van der Waals surface area contributed by atoms with Crippen LogP contribution in [0.15, 0.2) is 89.8 Å². The first-order valence-electron chi connectivity index (χ1n) is 9.99. The van der Waals surface area contributed by atoms with Gasteiger partial charge in [-0.15, -0.1) is 0 Å². The first-order chi connectivity index (χ1) is 15.0. The molecule has 0 atom stereocenters. The molecule has 0 fully saturated rings. The maximum atomic E-state index is 13.2. The van der Waals surface area contributed by atoms with Crippen LogP contribution in [-0.2, 0) is 26.2 Å². The third-order valence-corrected chi connectivity index (χ3v) is 6.38. The average molecular weight is 439 g/mol. The third-order valence-electron chi connectivity index (χ3n) is 4.59. The van der Waals surface area contributed by atoms with E-state index in [9.17, 15) is 13.2 Å². The van der Waals surface area contributed by atoms with Crippen LogP contribution in [-0.4, -0.2) is 34.0 Å². The quantitative estimate of drug-likeness (QED) is 0.492. The highest BCUT2D eigenvalue weighted by atomic mass is 32.2. The zero-order valence-electron chi connectivity index (χ0n) is 17.4. The van der Waals surface area contributed by atoms with Gasteiger partial charge in [-0.05, 0) is 42.3 Å². The fraction of sp³-hybridized carbons (Fsp3) is 0.208. The minimum atomic E-state index is -3.90. The molecular formula is C24H26N2O4S. The molecule has 0 saturated carbocycles. The van der Waals surface area contributed by atoms with Crippen molar-refractivity contribution < 1.29 is 17.9 Å². The Bertz CT molecular complexity index is 1090. The van der Waals surface area contributed by atoms with Gasteiger partial charge in [-0.1, -0.05) is 60.7 Å². The number of sulfonamides is 1. The predicted octanol–water partition coefficient (Wildman–Crippen LogP) is 3.52. The van der Waals surface area contributed by atoms with E-state index >= 15 is 0 Å². The van der Waals surface area contributed by atoms with E-state index in [0.29, 0.717) is 25.4 Å². The van der Waals surface area contributed by atoms with Gasteiger partial charge in [0.1, 0.15) is 6.54 Å². The summed E-state index contributed by atoms with van der Waals surface area (Å²) >= 11 is 0. The summed E-state index contributed by atoms with van der Waals surface area (Å²) in [5, 5.41) is 2.74. The number of rotatable bonds is 10. The molecule has 0 aliphatic heterocycles. The van der Waals surface area contributed by atoms with Gasteiger partial charge in [0, 0.05) is 6.54 Å². The van der Waals surface area contributed by atoms with Crippen LogP contribution < -0.4 is 9.62 Å². The van der Waals surface area contributed by atoms with Gasteiger partial charge in [-0.2, -0.15) is 0 Å². The van der Waals surface area contributed by atoms with E-state index < -0.39 is 15.9 Å². The molecule has 3 aromatic carbocycles. The fourth-order valence-electron chi connectivity index (χ4n) is 3.03. The summed E-state index contributed by atoms with van der Waals surface area (Å²) in [5.74, 6) is -0.399. The Balaban J connectivity index is 1.64. The first-order valence-corrected chi connectivity index (χ1v) is 11.4. The molecule has 3 aromatic rings. The molecule has 7 heteroatoms. The number of hydrogen-bond donors (Lipinski definition) is 1. The predicted molar refractivity (Wildman–Crippen MR) is 121 cm³/mol. The molecule has 6 nitrogen and oxygen atoms in total. The molecule has 1 amide bonds. The molecular weight excluding hydrogens is 412 g/mol. The summed E-state index contributed by atoms with van der Waals surface area (Å²) in [4.78, 5) is 12.7. The Morgan fingerprint density at radius 3 is 2.29 bits per heavy atom. The lowest BCUT2D eigenvalue weighted by Gasteiger charge is -2.24. The highest BCUT2D eigenvalue weighted by Crippen LogP contribution is 2.24. The normalized spacial score (nSPS) is 11.1. The second kappa shape index (κ2) is 10.7. The molecule has 0 saturated heterocycles. The largest absolute Gasteiger partial charge is 0.375 e. The highest BCUT2D eigenvalue weighted by molar-refractivity contribution is 7.92. The van der Waals surface area contributed by atoms with Crippen LogP contribution in [0.25, 0.3) is 0 Å². The van der Waals surface area contributed by atoms with Crippen LogP contribution in [0.5, 0.6) is 0 Å². The summed E-state index contributed by atoms with van der Waals surface area (Å²) in [6.45, 7) is 2.63. The van der Waals surface area contributed by atoms with Gasteiger partial charge in [0.15, 0.2) is 0 Å². The van der Waals surface area contributed by atoms with E-state index in [-0.39, 0.29) is 11.4 Å². The zero-order valence-corrected chi connectivity index (χ0v) is 18.2. The Morgan fingerprint density at radius 1 is 0.935 bits per heavy atom. The number of anilines is 1. The van der Waals surface area contributed by atoms with Gasteiger partial charge in [0.2, 0.25) is 5.91 Å². The van der Waals surface area contributed by atoms with Gasteiger partial charge >= 0.3 is 0 Å². The van der Waals surface area contributed by atoms with E-state index in [1.807, 2.05) is 43.3 Å². The average Bonchev–Trinajstić information content (AvgIpc) is 2.78. The van der Waals surface area contributed by atoms with Crippen molar-refractivity contribution in [2.45, 2.75) is 18.4 Å². The lowest BCUT2D eigenvalue weighted by molar-refractivity contribution is -0.119. The number of carbonyl (C=O) groups excluding carboxylic acids is 1. The lowest BCUT2D eigenvalue weighted by atomic mass is 10.2. The molecule has 1 N–H and O–H groups in total. The summed E-state index contributed by atoms with van der Waals surface area (Å²) in [5.41, 5.74) is 2.40. The molecule has 0 heterocycles. The number of carbonyl (C=O) groups is 1. The monoisotopic (exact) mass is 438 g/mol. The summed E-state index contributed by atoms with van der Waals surface area (Å²) in [6, 6.07) is 24.9. The maximum absolute atomic E-state index is 13.2. The first kappa shape index (κ1) is 22.5. The second-order valence-corrected chi connectivity index (χ2v) is 8.91. The van der Waals surface area contributed by atoms with E-state index in [0.717, 1.165) is 15.4 Å². The zero-order chi connectivity index (χ0) is 22.1. The molecule has 0 radical (unpaired) electrons. The van der Waals surface area contributed by atoms with E-state index in [2.05, 4.69) is 5.32 Å². The van der Waals surface area contributed by atoms with Crippen molar-refractivity contribution in [3.8, 4) is 0 Å². The van der Waals surface area contributed by atoms with Crippen molar-refractivity contribution in [2.75, 3.05) is 24.0 Å². The third kappa shape index (κ3) is 6.41. The van der Waals surface area contributed by atoms with Crippen LogP contribution >= 0.6 is 0 Å². The van der Waals surface area contributed by atoms with Crippen LogP contribution in [0.2, 0.25) is 0 Å². The molecule has 0 aliphatic carbocycles. The molecule has 31 heavy (non-hydrogen) atoms. The fourth-order valence-corrected chi connectivity index (χ4v) is 4.46. The molecule has 3 rings (SSSR count). The number of nitrogens with zero attached hydrogens (tertiary/aromatic N) is 1. The second-order valence-electron chi connectivity index (χ2n) is 7.05. The van der Waals surface area contributed by atoms with Crippen molar-refractivity contribution >= 4 is 21.6 Å². The van der Waals surface area contributed by atoms with E-state index in [1.165, 1.54) is 12.1 Å². The molecule has 0 bridgehead atoms. The van der Waals surface area contributed by atoms with Crippen molar-refractivity contribution in [1.82, 2.24) is 5.32 Å². The molecule has 0 unspecified atom stereocenters. The number of nitrogens with one attached hydrogen (secondary N) is 1. The maximum Gasteiger partial charge on any atom is 0.264 e. The van der Waals surface area contributed by atoms with Gasteiger partial charge < -0.3 is 10.1 Å². The van der Waals surface area contributed by atoms with E-state index in [1.54, 1.807) is 36.4 Å². The SMILES string of the molecule is Cc1cccc(N(CC(=O)NCCOCc2ccccc2)S(=O)(=O)c2ccccc2)c1. The summed E-state index contributed by atoms with van der Waals surface area (Å²) < 4.78 is 33.2. The van der Waals surface area contributed by atoms with Crippen molar-refractivity contribution in [3.63, 3.8) is 0 Å². The number of benzene rings is 3. The minimum absolute atomic E-state index is 0.135. The lowest BCUT2D eigenvalue weighted by Crippen LogP contribution is -2.41. The minimum Gasteiger partial charge on any atom is -0.375 e. The Kier molecular flexibility index (Phi) is 7.81. The standard InChI is InChI=1S/C24H26N2O4S/c1-20-9-8-12-22(17-20)26(31(28,29)23-13-6-3-7-14-23)18-24(27)25-15-16-30-19-21-10-4-2-5-11-21/h2-14,17H,15-16,18-19H2,1H3,(H,25,27). The molecule has 162 valence electrons. The van der Waals surface area contributed by atoms with Gasteiger partial charge in [-0.25, -0.2) is 8.42 Å². The number of aryl methyl sites for hydroxylation is 1. The summed E-state index contributed by atoms with van der Waals surface area (Å²) in [6.07, 6.45) is 0. The van der Waals surface area contributed by atoms with Crippen LogP contribution in [0.1, 0.15) is 11.1 Å². The Morgan fingerprint density at radius 2 is 1.61 bits per heavy atom. The molecule has 0 spiro atoms. The Hall–Kier alpha value is -3.16. The summed E-state index contributed by atoms with van der Waals surface area (Å²) in [7, 11) is -3.90. The van der Waals surface area contributed by atoms with Crippen LogP contribution in [0.4, 0.5) is 5.69 Å². The number of hydrogen-bond acceptors (Lipinski definition) is 4. The Labute approximate surface area is 183 Å². The van der Waals surface area contributed by atoms with E-state index in [4.69, 9.17) is 4.74 Å². The smallest absolute Gasteiger partial charge is 0.264 e. The number of amides is 1. The molecule has 0 aliphatic rings. The van der Waals surface area contributed by atoms with Crippen LogP contribution in [0.3, 0.4) is 0 Å². The van der Waals surface area contributed by atoms with Gasteiger partial charge in [0.25, 0.3) is 10.0 Å².